The number of carbonyl (C=O) groups excluding carboxylic acids is 1. The number of hydrogen-bond acceptors (Lipinski definition) is 6. The SMILES string of the molecule is NNc1cccc(C(=O)Nc2ncc[nH]2)c1[N+](=O)[O-]. The molecule has 1 amide bonds. The Bertz CT molecular complexity index is 610. The van der Waals surface area contributed by atoms with Crippen LogP contribution < -0.4 is 16.6 Å². The Balaban J connectivity index is 2.38. The van der Waals surface area contributed by atoms with Crippen molar-refractivity contribution >= 4 is 23.2 Å². The predicted molar refractivity (Wildman–Crippen MR) is 67.4 cm³/mol. The molecule has 0 radical (unpaired) electrons. The molecule has 0 aliphatic carbocycles. The van der Waals surface area contributed by atoms with E-state index in [-0.39, 0.29) is 17.2 Å². The minimum atomic E-state index is -0.674. The van der Waals surface area contributed by atoms with Crippen LogP contribution in [-0.4, -0.2) is 20.8 Å². The second kappa shape index (κ2) is 5.14. The molecule has 0 fully saturated rings. The number of hydrogen-bond donors (Lipinski definition) is 4. The van der Waals surface area contributed by atoms with Crippen LogP contribution in [0.25, 0.3) is 0 Å². The summed E-state index contributed by atoms with van der Waals surface area (Å²) in [4.78, 5) is 28.8. The quantitative estimate of drug-likeness (QED) is 0.366. The van der Waals surface area contributed by atoms with Crippen LogP contribution in [0.15, 0.2) is 30.6 Å². The summed E-state index contributed by atoms with van der Waals surface area (Å²) in [7, 11) is 0. The summed E-state index contributed by atoms with van der Waals surface area (Å²) in [6.07, 6.45) is 2.96. The lowest BCUT2D eigenvalue weighted by atomic mass is 10.1. The fourth-order valence-corrected chi connectivity index (χ4v) is 1.55. The zero-order valence-corrected chi connectivity index (χ0v) is 9.58. The molecule has 19 heavy (non-hydrogen) atoms. The number of nitro groups is 1. The molecule has 0 bridgehead atoms. The number of benzene rings is 1. The van der Waals surface area contributed by atoms with Gasteiger partial charge in [-0.2, -0.15) is 0 Å². The molecule has 1 heterocycles. The van der Waals surface area contributed by atoms with Gasteiger partial charge in [-0.15, -0.1) is 0 Å². The van der Waals surface area contributed by atoms with Crippen molar-refractivity contribution in [1.29, 1.82) is 0 Å². The van der Waals surface area contributed by atoms with Crippen LogP contribution in [0.1, 0.15) is 10.4 Å². The van der Waals surface area contributed by atoms with E-state index in [1.165, 1.54) is 30.6 Å². The van der Waals surface area contributed by atoms with E-state index in [4.69, 9.17) is 5.84 Å². The molecule has 2 aromatic rings. The average molecular weight is 262 g/mol. The molecule has 9 heteroatoms. The maximum absolute atomic E-state index is 12.0. The van der Waals surface area contributed by atoms with Crippen LogP contribution in [-0.2, 0) is 0 Å². The van der Waals surface area contributed by atoms with Gasteiger partial charge in [0.15, 0.2) is 0 Å². The van der Waals surface area contributed by atoms with Gasteiger partial charge < -0.3 is 10.4 Å². The van der Waals surface area contributed by atoms with Crippen molar-refractivity contribution in [3.05, 3.63) is 46.3 Å². The van der Waals surface area contributed by atoms with Gasteiger partial charge in [-0.05, 0) is 12.1 Å². The maximum atomic E-state index is 12.0. The summed E-state index contributed by atoms with van der Waals surface area (Å²) in [6, 6.07) is 4.22. The molecule has 0 aliphatic heterocycles. The third-order valence-electron chi connectivity index (χ3n) is 2.35. The number of nitro benzene ring substituents is 1. The van der Waals surface area contributed by atoms with Crippen molar-refractivity contribution in [3.63, 3.8) is 0 Å². The van der Waals surface area contributed by atoms with Gasteiger partial charge in [0, 0.05) is 12.4 Å². The molecule has 9 nitrogen and oxygen atoms in total. The summed E-state index contributed by atoms with van der Waals surface area (Å²) in [6.45, 7) is 0. The first kappa shape index (κ1) is 12.5. The Morgan fingerprint density at radius 3 is 2.84 bits per heavy atom. The van der Waals surface area contributed by atoms with Gasteiger partial charge in [0.25, 0.3) is 5.91 Å². The Hall–Kier alpha value is -2.94. The number of nitrogens with two attached hydrogens (primary N) is 1. The lowest BCUT2D eigenvalue weighted by Gasteiger charge is -2.06. The number of amides is 1. The molecule has 0 spiro atoms. The van der Waals surface area contributed by atoms with Crippen molar-refractivity contribution in [2.45, 2.75) is 0 Å². The van der Waals surface area contributed by atoms with Gasteiger partial charge in [0.2, 0.25) is 5.95 Å². The van der Waals surface area contributed by atoms with Gasteiger partial charge in [-0.3, -0.25) is 26.1 Å². The molecular formula is C10H10N6O3. The fourth-order valence-electron chi connectivity index (χ4n) is 1.55. The summed E-state index contributed by atoms with van der Waals surface area (Å²) in [5.41, 5.74) is 1.73. The second-order valence-electron chi connectivity index (χ2n) is 3.50. The van der Waals surface area contributed by atoms with Gasteiger partial charge >= 0.3 is 5.69 Å². The highest BCUT2D eigenvalue weighted by atomic mass is 16.6. The van der Waals surface area contributed by atoms with Gasteiger partial charge in [-0.25, -0.2) is 4.98 Å². The first-order chi connectivity index (χ1) is 9.13. The predicted octanol–water partition coefficient (Wildman–Crippen LogP) is 0.856. The Morgan fingerprint density at radius 2 is 2.26 bits per heavy atom. The van der Waals surface area contributed by atoms with E-state index < -0.39 is 16.5 Å². The molecule has 5 N–H and O–H groups in total. The van der Waals surface area contributed by atoms with E-state index in [0.29, 0.717) is 0 Å². The Kier molecular flexibility index (Phi) is 3.39. The number of carbonyl (C=O) groups is 1. The van der Waals surface area contributed by atoms with Crippen LogP contribution in [0.2, 0.25) is 0 Å². The van der Waals surface area contributed by atoms with Crippen molar-refractivity contribution < 1.29 is 9.72 Å². The van der Waals surface area contributed by atoms with Crippen LogP contribution in [0.3, 0.4) is 0 Å². The van der Waals surface area contributed by atoms with Crippen molar-refractivity contribution in [1.82, 2.24) is 9.97 Å². The fraction of sp³-hybridized carbons (Fsp3) is 0. The van der Waals surface area contributed by atoms with Crippen molar-refractivity contribution in [2.75, 3.05) is 10.7 Å². The average Bonchev–Trinajstić information content (AvgIpc) is 2.90. The zero-order valence-electron chi connectivity index (χ0n) is 9.58. The van der Waals surface area contributed by atoms with E-state index in [1.54, 1.807) is 0 Å². The minimum absolute atomic E-state index is 0.0529. The lowest BCUT2D eigenvalue weighted by Crippen LogP contribution is -2.17. The number of rotatable bonds is 4. The molecule has 0 saturated heterocycles. The highest BCUT2D eigenvalue weighted by molar-refractivity contribution is 6.07. The van der Waals surface area contributed by atoms with Crippen molar-refractivity contribution in [3.8, 4) is 0 Å². The number of hydrazine groups is 1. The monoisotopic (exact) mass is 262 g/mol. The van der Waals surface area contributed by atoms with Crippen LogP contribution in [0.5, 0.6) is 0 Å². The molecule has 0 atom stereocenters. The smallest absolute Gasteiger partial charge is 0.306 e. The molecule has 98 valence electrons. The molecule has 0 unspecified atom stereocenters. The van der Waals surface area contributed by atoms with E-state index in [2.05, 4.69) is 20.7 Å². The topological polar surface area (TPSA) is 139 Å². The number of anilines is 2. The first-order valence-corrected chi connectivity index (χ1v) is 5.18. The van der Waals surface area contributed by atoms with Crippen LogP contribution in [0, 0.1) is 10.1 Å². The summed E-state index contributed by atoms with van der Waals surface area (Å²) < 4.78 is 0. The largest absolute Gasteiger partial charge is 0.331 e. The number of aromatic amines is 1. The second-order valence-corrected chi connectivity index (χ2v) is 3.50. The number of para-hydroxylation sites is 1. The van der Waals surface area contributed by atoms with E-state index in [1.807, 2.05) is 0 Å². The molecule has 2 rings (SSSR count). The van der Waals surface area contributed by atoms with E-state index in [9.17, 15) is 14.9 Å². The Morgan fingerprint density at radius 1 is 1.47 bits per heavy atom. The normalized spacial score (nSPS) is 9.95. The zero-order chi connectivity index (χ0) is 13.8. The van der Waals surface area contributed by atoms with E-state index in [0.717, 1.165) is 0 Å². The standard InChI is InChI=1S/C10H10N6O3/c11-15-7-3-1-2-6(8(7)16(18)19)9(17)14-10-12-4-5-13-10/h1-5,15H,11H2,(H2,12,13,14,17). The van der Waals surface area contributed by atoms with Crippen molar-refractivity contribution in [2.24, 2.45) is 5.84 Å². The number of nitrogens with zero attached hydrogens (tertiary/aromatic N) is 2. The van der Waals surface area contributed by atoms with Gasteiger partial charge in [0.1, 0.15) is 11.3 Å². The minimum Gasteiger partial charge on any atom is -0.331 e. The maximum Gasteiger partial charge on any atom is 0.306 e. The van der Waals surface area contributed by atoms with Crippen LogP contribution >= 0.6 is 0 Å². The first-order valence-electron chi connectivity index (χ1n) is 5.18. The summed E-state index contributed by atoms with van der Waals surface area (Å²) >= 11 is 0. The van der Waals surface area contributed by atoms with Crippen LogP contribution in [0.4, 0.5) is 17.3 Å². The summed E-state index contributed by atoms with van der Waals surface area (Å²) in [5, 5.41) is 13.4. The number of imidazole rings is 1. The third kappa shape index (κ3) is 2.50. The third-order valence-corrected chi connectivity index (χ3v) is 2.35. The molecule has 0 saturated carbocycles. The van der Waals surface area contributed by atoms with Gasteiger partial charge in [-0.1, -0.05) is 6.07 Å². The Labute approximate surface area is 107 Å². The highest BCUT2D eigenvalue weighted by Gasteiger charge is 2.24. The van der Waals surface area contributed by atoms with E-state index >= 15 is 0 Å². The number of aromatic nitrogens is 2. The molecular weight excluding hydrogens is 252 g/mol. The highest BCUT2D eigenvalue weighted by Crippen LogP contribution is 2.28. The lowest BCUT2D eigenvalue weighted by molar-refractivity contribution is -0.384. The van der Waals surface area contributed by atoms with Gasteiger partial charge in [0.05, 0.1) is 4.92 Å². The number of nitrogens with one attached hydrogen (secondary N) is 3. The number of nitrogen functional groups attached to an aromatic ring is 1. The molecule has 1 aromatic carbocycles. The number of H-pyrrole nitrogens is 1. The molecule has 1 aromatic heterocycles. The molecule has 0 aliphatic rings. The summed E-state index contributed by atoms with van der Waals surface area (Å²) in [5.74, 6) is 4.73.